The fourth-order valence-corrected chi connectivity index (χ4v) is 1.28. The number of carboxylic acid groups (broad SMARTS) is 1. The molecule has 0 aliphatic carbocycles. The summed E-state index contributed by atoms with van der Waals surface area (Å²) in [6.07, 6.45) is -3.32. The largest absolute Gasteiger partial charge is 0.479 e. The van der Waals surface area contributed by atoms with Gasteiger partial charge in [0, 0.05) is 0 Å². The van der Waals surface area contributed by atoms with Gasteiger partial charge in [-0.25, -0.2) is 4.79 Å². The molecule has 3 N–H and O–H groups in total. The molecular formula is C12H21NO7. The van der Waals surface area contributed by atoms with E-state index in [2.05, 4.69) is 10.1 Å². The molecule has 3 atom stereocenters. The molecule has 0 rings (SSSR count). The number of amides is 1. The van der Waals surface area contributed by atoms with Gasteiger partial charge in [-0.3, -0.25) is 9.59 Å². The van der Waals surface area contributed by atoms with Gasteiger partial charge in [-0.1, -0.05) is 13.8 Å². The maximum atomic E-state index is 11.8. The number of esters is 1. The van der Waals surface area contributed by atoms with Crippen LogP contribution in [0.15, 0.2) is 0 Å². The van der Waals surface area contributed by atoms with Crippen LogP contribution in [0.4, 0.5) is 0 Å². The second-order valence-electron chi connectivity index (χ2n) is 4.59. The van der Waals surface area contributed by atoms with Gasteiger partial charge in [-0.15, -0.1) is 0 Å². The van der Waals surface area contributed by atoms with Crippen molar-refractivity contribution in [2.45, 2.75) is 46.2 Å². The third-order valence-corrected chi connectivity index (χ3v) is 2.27. The van der Waals surface area contributed by atoms with Crippen LogP contribution in [0.2, 0.25) is 0 Å². The summed E-state index contributed by atoms with van der Waals surface area (Å²) in [5.74, 6) is -2.94. The topological polar surface area (TPSA) is 122 Å². The molecule has 0 aromatic heterocycles. The number of ether oxygens (including phenoxy) is 2. The van der Waals surface area contributed by atoms with Crippen molar-refractivity contribution in [3.8, 4) is 0 Å². The van der Waals surface area contributed by atoms with Crippen molar-refractivity contribution in [1.82, 2.24) is 5.32 Å². The van der Waals surface area contributed by atoms with E-state index in [1.807, 2.05) is 0 Å². The van der Waals surface area contributed by atoms with Crippen molar-refractivity contribution in [2.24, 2.45) is 5.92 Å². The van der Waals surface area contributed by atoms with Crippen molar-refractivity contribution < 1.29 is 34.1 Å². The molecule has 8 nitrogen and oxygen atoms in total. The molecule has 1 amide bonds. The zero-order chi connectivity index (χ0) is 15.9. The Kier molecular flexibility index (Phi) is 7.78. The first kappa shape index (κ1) is 18.3. The van der Waals surface area contributed by atoms with Crippen molar-refractivity contribution in [2.75, 3.05) is 6.54 Å². The molecular weight excluding hydrogens is 270 g/mol. The van der Waals surface area contributed by atoms with Gasteiger partial charge in [-0.2, -0.15) is 0 Å². The van der Waals surface area contributed by atoms with Gasteiger partial charge < -0.3 is 25.0 Å². The number of aliphatic carboxylic acids is 1. The van der Waals surface area contributed by atoms with Gasteiger partial charge >= 0.3 is 11.9 Å². The summed E-state index contributed by atoms with van der Waals surface area (Å²) < 4.78 is 9.56. The van der Waals surface area contributed by atoms with Crippen LogP contribution in [0.25, 0.3) is 0 Å². The molecule has 20 heavy (non-hydrogen) atoms. The van der Waals surface area contributed by atoms with E-state index >= 15 is 0 Å². The Morgan fingerprint density at radius 3 is 2.10 bits per heavy atom. The van der Waals surface area contributed by atoms with Gasteiger partial charge in [0.15, 0.2) is 12.4 Å². The van der Waals surface area contributed by atoms with Crippen LogP contribution in [0.5, 0.6) is 0 Å². The zero-order valence-corrected chi connectivity index (χ0v) is 12.0. The first-order valence-corrected chi connectivity index (χ1v) is 6.18. The minimum atomic E-state index is -1.28. The molecule has 116 valence electrons. The molecule has 0 aromatic rings. The number of hydrogen-bond donors (Lipinski definition) is 3. The molecule has 0 spiro atoms. The molecule has 0 saturated carbocycles. The molecule has 0 fully saturated rings. The lowest BCUT2D eigenvalue weighted by atomic mass is 10.1. The van der Waals surface area contributed by atoms with Crippen LogP contribution < -0.4 is 5.32 Å². The number of aliphatic hydroxyl groups is 1. The van der Waals surface area contributed by atoms with Crippen molar-refractivity contribution in [1.29, 1.82) is 0 Å². The second-order valence-corrected chi connectivity index (χ2v) is 4.59. The predicted octanol–water partition coefficient (Wildman–Crippen LogP) is -0.502. The van der Waals surface area contributed by atoms with Crippen molar-refractivity contribution >= 4 is 17.8 Å². The molecule has 8 heteroatoms. The zero-order valence-electron chi connectivity index (χ0n) is 12.0. The molecule has 3 unspecified atom stereocenters. The minimum absolute atomic E-state index is 0.210. The number of carbonyl (C=O) groups is 3. The third kappa shape index (κ3) is 7.05. The van der Waals surface area contributed by atoms with E-state index in [0.29, 0.717) is 0 Å². The van der Waals surface area contributed by atoms with Crippen LogP contribution in [-0.2, 0) is 23.9 Å². The van der Waals surface area contributed by atoms with Gasteiger partial charge in [0.2, 0.25) is 5.91 Å². The maximum Gasteiger partial charge on any atom is 0.344 e. The lowest BCUT2D eigenvalue weighted by Crippen LogP contribution is -2.44. The fourth-order valence-electron chi connectivity index (χ4n) is 1.28. The fraction of sp³-hybridized carbons (Fsp3) is 0.750. The van der Waals surface area contributed by atoms with E-state index in [-0.39, 0.29) is 5.92 Å². The molecule has 0 aromatic carbocycles. The lowest BCUT2D eigenvalue weighted by molar-refractivity contribution is -0.166. The molecule has 0 bridgehead atoms. The van der Waals surface area contributed by atoms with Gasteiger partial charge in [0.1, 0.15) is 12.6 Å². The van der Waals surface area contributed by atoms with Crippen LogP contribution in [0.1, 0.15) is 27.7 Å². The maximum absolute atomic E-state index is 11.8. The average Bonchev–Trinajstić information content (AvgIpc) is 2.32. The van der Waals surface area contributed by atoms with Gasteiger partial charge in [-0.05, 0) is 19.8 Å². The summed E-state index contributed by atoms with van der Waals surface area (Å²) in [5, 5.41) is 19.9. The highest BCUT2D eigenvalue weighted by atomic mass is 16.6. The molecule has 0 saturated heterocycles. The van der Waals surface area contributed by atoms with Gasteiger partial charge in [0.05, 0.1) is 0 Å². The average molecular weight is 291 g/mol. The quantitative estimate of drug-likeness (QED) is 0.407. The number of hydrogen-bond acceptors (Lipinski definition) is 6. The first-order chi connectivity index (χ1) is 9.15. The van der Waals surface area contributed by atoms with Crippen LogP contribution in [0, 0.1) is 5.92 Å². The molecule has 0 aliphatic heterocycles. The number of nitrogens with one attached hydrogen (secondary N) is 1. The summed E-state index contributed by atoms with van der Waals surface area (Å²) in [7, 11) is 0. The van der Waals surface area contributed by atoms with E-state index in [0.717, 1.165) is 0 Å². The first-order valence-electron chi connectivity index (χ1n) is 6.18. The summed E-state index contributed by atoms with van der Waals surface area (Å²) in [6.45, 7) is 5.54. The minimum Gasteiger partial charge on any atom is -0.479 e. The smallest absolute Gasteiger partial charge is 0.344 e. The Labute approximate surface area is 117 Å². The van der Waals surface area contributed by atoms with E-state index in [1.54, 1.807) is 13.8 Å². The van der Waals surface area contributed by atoms with E-state index in [1.165, 1.54) is 13.8 Å². The van der Waals surface area contributed by atoms with Crippen molar-refractivity contribution in [3.05, 3.63) is 0 Å². The van der Waals surface area contributed by atoms with Crippen LogP contribution in [-0.4, -0.2) is 53.1 Å². The Bertz CT molecular complexity index is 354. The Balaban J connectivity index is 4.31. The highest BCUT2D eigenvalue weighted by Crippen LogP contribution is 2.08. The van der Waals surface area contributed by atoms with Crippen LogP contribution >= 0.6 is 0 Å². The predicted molar refractivity (Wildman–Crippen MR) is 67.6 cm³/mol. The van der Waals surface area contributed by atoms with E-state index < -0.39 is 42.9 Å². The third-order valence-electron chi connectivity index (χ3n) is 2.27. The number of aliphatic hydroxyl groups excluding tert-OH is 1. The van der Waals surface area contributed by atoms with Crippen LogP contribution in [0.3, 0.4) is 0 Å². The molecule has 0 radical (unpaired) electrons. The normalized spacial score (nSPS) is 15.3. The Hall–Kier alpha value is -1.67. The summed E-state index contributed by atoms with van der Waals surface area (Å²) in [4.78, 5) is 33.5. The Morgan fingerprint density at radius 1 is 1.15 bits per heavy atom. The van der Waals surface area contributed by atoms with E-state index in [4.69, 9.17) is 14.9 Å². The molecule has 0 aliphatic rings. The Morgan fingerprint density at radius 2 is 1.70 bits per heavy atom. The number of rotatable bonds is 8. The number of carbonyl (C=O) groups excluding carboxylic acids is 2. The number of carboxylic acids is 1. The van der Waals surface area contributed by atoms with Gasteiger partial charge in [0.25, 0.3) is 0 Å². The summed E-state index contributed by atoms with van der Waals surface area (Å²) in [6, 6.07) is 0. The highest BCUT2D eigenvalue weighted by Gasteiger charge is 2.25. The highest BCUT2D eigenvalue weighted by molar-refractivity contribution is 5.86. The van der Waals surface area contributed by atoms with E-state index in [9.17, 15) is 14.4 Å². The van der Waals surface area contributed by atoms with Crippen molar-refractivity contribution in [3.63, 3.8) is 0 Å². The second kappa shape index (κ2) is 8.49. The monoisotopic (exact) mass is 291 g/mol. The summed E-state index contributed by atoms with van der Waals surface area (Å²) >= 11 is 0. The molecule has 0 heterocycles. The SMILES string of the molecule is CC(O)OC(C(=O)NCC(=O)OC(C)C(=O)O)C(C)C. The standard InChI is InChI=1S/C12H21NO7/c1-6(2)10(20-8(4)14)11(16)13-5-9(15)19-7(3)12(17)18/h6-8,10,14H,5H2,1-4H3,(H,13,16)(H,17,18). The summed E-state index contributed by atoms with van der Waals surface area (Å²) in [5.41, 5.74) is 0. The lowest BCUT2D eigenvalue weighted by Gasteiger charge is -2.22.